The molecule has 0 N–H and O–H groups in total. The van der Waals surface area contributed by atoms with Crippen LogP contribution in [-0.4, -0.2) is 32.1 Å². The van der Waals surface area contributed by atoms with Gasteiger partial charge in [0.05, 0.1) is 27.2 Å². The van der Waals surface area contributed by atoms with E-state index in [-0.39, 0.29) is 5.91 Å². The summed E-state index contributed by atoms with van der Waals surface area (Å²) in [5.74, 6) is 1.37. The molecule has 118 valence electrons. The van der Waals surface area contributed by atoms with Crippen LogP contribution in [0.15, 0.2) is 34.1 Å². The molecular weight excluding hydrogens is 366 g/mol. The summed E-state index contributed by atoms with van der Waals surface area (Å²) in [6, 6.07) is 7.57. The minimum absolute atomic E-state index is 0.0664. The lowest BCUT2D eigenvalue weighted by Gasteiger charge is -2.17. The molecule has 1 heterocycles. The van der Waals surface area contributed by atoms with Gasteiger partial charge in [0.2, 0.25) is 5.91 Å². The van der Waals surface area contributed by atoms with Crippen molar-refractivity contribution in [3.05, 3.63) is 44.6 Å². The fourth-order valence-electron chi connectivity index (χ4n) is 2.06. The number of amides is 1. The molecule has 2 rings (SSSR count). The Labute approximate surface area is 142 Å². The fourth-order valence-corrected chi connectivity index (χ4v) is 3.56. The number of hydrogen-bond donors (Lipinski definition) is 0. The van der Waals surface area contributed by atoms with Crippen molar-refractivity contribution in [2.24, 2.45) is 0 Å². The van der Waals surface area contributed by atoms with Gasteiger partial charge in [-0.2, -0.15) is 0 Å². The molecule has 2 aromatic rings. The Morgan fingerprint density at radius 2 is 1.95 bits per heavy atom. The molecule has 0 aliphatic carbocycles. The van der Waals surface area contributed by atoms with Gasteiger partial charge >= 0.3 is 0 Å². The average molecular weight is 384 g/mol. The van der Waals surface area contributed by atoms with Gasteiger partial charge in [0.1, 0.15) is 0 Å². The maximum Gasteiger partial charge on any atom is 0.227 e. The predicted octanol–water partition coefficient (Wildman–Crippen LogP) is 3.73. The zero-order valence-corrected chi connectivity index (χ0v) is 15.2. The highest BCUT2D eigenvalue weighted by atomic mass is 79.9. The summed E-state index contributed by atoms with van der Waals surface area (Å²) in [6.45, 7) is 0.613. The fraction of sp³-hybridized carbons (Fsp3) is 0.312. The van der Waals surface area contributed by atoms with E-state index in [0.717, 1.165) is 14.9 Å². The van der Waals surface area contributed by atoms with Crippen LogP contribution in [-0.2, 0) is 17.8 Å². The SMILES string of the molecule is COc1ccc(CC(=O)N(C)Cc2cc(Br)cs2)cc1OC. The summed E-state index contributed by atoms with van der Waals surface area (Å²) in [5.41, 5.74) is 0.905. The van der Waals surface area contributed by atoms with E-state index >= 15 is 0 Å². The Balaban J connectivity index is 2.01. The second-order valence-corrected chi connectivity index (χ2v) is 6.76. The number of thiophene rings is 1. The van der Waals surface area contributed by atoms with Crippen LogP contribution < -0.4 is 9.47 Å². The van der Waals surface area contributed by atoms with Crippen molar-refractivity contribution in [3.63, 3.8) is 0 Å². The number of methoxy groups -OCH3 is 2. The van der Waals surface area contributed by atoms with Crippen LogP contribution in [0, 0.1) is 0 Å². The van der Waals surface area contributed by atoms with Crippen LogP contribution in [0.25, 0.3) is 0 Å². The Morgan fingerprint density at radius 1 is 1.23 bits per heavy atom. The van der Waals surface area contributed by atoms with Crippen molar-refractivity contribution in [2.45, 2.75) is 13.0 Å². The van der Waals surface area contributed by atoms with E-state index in [9.17, 15) is 4.79 Å². The lowest BCUT2D eigenvalue weighted by Crippen LogP contribution is -2.27. The van der Waals surface area contributed by atoms with E-state index in [1.54, 1.807) is 30.5 Å². The summed E-state index contributed by atoms with van der Waals surface area (Å²) < 4.78 is 11.5. The summed E-state index contributed by atoms with van der Waals surface area (Å²) in [5, 5.41) is 2.02. The third-order valence-corrected chi connectivity index (χ3v) is 4.93. The molecule has 6 heteroatoms. The van der Waals surface area contributed by atoms with Gasteiger partial charge in [-0.25, -0.2) is 0 Å². The molecule has 0 bridgehead atoms. The quantitative estimate of drug-likeness (QED) is 0.762. The van der Waals surface area contributed by atoms with E-state index in [1.165, 1.54) is 0 Å². The number of rotatable bonds is 6. The molecule has 0 saturated heterocycles. The van der Waals surface area contributed by atoms with Crippen molar-refractivity contribution in [3.8, 4) is 11.5 Å². The van der Waals surface area contributed by atoms with Crippen LogP contribution in [0.4, 0.5) is 0 Å². The number of halogens is 1. The summed E-state index contributed by atoms with van der Waals surface area (Å²) in [6.07, 6.45) is 0.337. The molecule has 0 fully saturated rings. The second kappa shape index (κ2) is 7.65. The van der Waals surface area contributed by atoms with Crippen molar-refractivity contribution < 1.29 is 14.3 Å². The molecule has 0 unspecified atom stereocenters. The van der Waals surface area contributed by atoms with Gasteiger partial charge < -0.3 is 14.4 Å². The van der Waals surface area contributed by atoms with Crippen LogP contribution in [0.5, 0.6) is 11.5 Å². The van der Waals surface area contributed by atoms with Crippen molar-refractivity contribution in [2.75, 3.05) is 21.3 Å². The van der Waals surface area contributed by atoms with Crippen molar-refractivity contribution in [1.82, 2.24) is 4.90 Å². The number of carbonyl (C=O) groups excluding carboxylic acids is 1. The van der Waals surface area contributed by atoms with Gasteiger partial charge in [-0.15, -0.1) is 11.3 Å². The molecule has 1 aromatic carbocycles. The largest absolute Gasteiger partial charge is 0.493 e. The van der Waals surface area contributed by atoms with Crippen LogP contribution in [0.2, 0.25) is 0 Å². The first-order valence-electron chi connectivity index (χ1n) is 6.71. The van der Waals surface area contributed by atoms with Crippen LogP contribution in [0.1, 0.15) is 10.4 Å². The lowest BCUT2D eigenvalue weighted by molar-refractivity contribution is -0.129. The molecular formula is C16H18BrNO3S. The topological polar surface area (TPSA) is 38.8 Å². The first-order valence-corrected chi connectivity index (χ1v) is 8.38. The number of likely N-dealkylation sites (N-methyl/N-ethyl adjacent to an activating group) is 1. The molecule has 0 aliphatic heterocycles. The Bertz CT molecular complexity index is 657. The highest BCUT2D eigenvalue weighted by molar-refractivity contribution is 9.10. The maximum atomic E-state index is 12.3. The molecule has 0 atom stereocenters. The second-order valence-electron chi connectivity index (χ2n) is 4.85. The minimum atomic E-state index is 0.0664. The third-order valence-electron chi connectivity index (χ3n) is 3.24. The first-order chi connectivity index (χ1) is 10.5. The van der Waals surface area contributed by atoms with E-state index in [4.69, 9.17) is 9.47 Å². The zero-order valence-electron chi connectivity index (χ0n) is 12.8. The highest BCUT2D eigenvalue weighted by Gasteiger charge is 2.13. The normalized spacial score (nSPS) is 10.4. The summed E-state index contributed by atoms with van der Waals surface area (Å²) in [7, 11) is 5.00. The van der Waals surface area contributed by atoms with Crippen molar-refractivity contribution >= 4 is 33.2 Å². The number of hydrogen-bond acceptors (Lipinski definition) is 4. The van der Waals surface area contributed by atoms with Gasteiger partial charge in [0.15, 0.2) is 11.5 Å². The smallest absolute Gasteiger partial charge is 0.227 e. The average Bonchev–Trinajstić information content (AvgIpc) is 2.92. The Morgan fingerprint density at radius 3 is 2.55 bits per heavy atom. The molecule has 0 aliphatic rings. The zero-order chi connectivity index (χ0) is 16.1. The van der Waals surface area contributed by atoms with Gasteiger partial charge in [-0.1, -0.05) is 6.07 Å². The first kappa shape index (κ1) is 16.8. The lowest BCUT2D eigenvalue weighted by atomic mass is 10.1. The molecule has 4 nitrogen and oxygen atoms in total. The number of benzene rings is 1. The van der Waals surface area contributed by atoms with E-state index in [2.05, 4.69) is 15.9 Å². The number of ether oxygens (including phenoxy) is 2. The van der Waals surface area contributed by atoms with Crippen molar-refractivity contribution in [1.29, 1.82) is 0 Å². The third kappa shape index (κ3) is 4.24. The maximum absolute atomic E-state index is 12.3. The Kier molecular flexibility index (Phi) is 5.85. The van der Waals surface area contributed by atoms with Crippen LogP contribution in [0.3, 0.4) is 0 Å². The standard InChI is InChI=1S/C16H18BrNO3S/c1-18(9-13-8-12(17)10-22-13)16(19)7-11-4-5-14(20-2)15(6-11)21-3/h4-6,8,10H,7,9H2,1-3H3. The molecule has 0 saturated carbocycles. The predicted molar refractivity (Wildman–Crippen MR) is 91.7 cm³/mol. The van der Waals surface area contributed by atoms with E-state index < -0.39 is 0 Å². The summed E-state index contributed by atoms with van der Waals surface area (Å²) in [4.78, 5) is 15.2. The van der Waals surface area contributed by atoms with E-state index in [0.29, 0.717) is 24.5 Å². The molecule has 0 spiro atoms. The van der Waals surface area contributed by atoms with Gasteiger partial charge in [0.25, 0.3) is 0 Å². The van der Waals surface area contributed by atoms with Crippen LogP contribution >= 0.6 is 27.3 Å². The highest BCUT2D eigenvalue weighted by Crippen LogP contribution is 2.28. The molecule has 1 amide bonds. The van der Waals surface area contributed by atoms with Gasteiger partial charge in [0, 0.05) is 21.8 Å². The summed E-state index contributed by atoms with van der Waals surface area (Å²) >= 11 is 5.06. The number of carbonyl (C=O) groups is 1. The Hall–Kier alpha value is -1.53. The van der Waals surface area contributed by atoms with Gasteiger partial charge in [-0.3, -0.25) is 4.79 Å². The molecule has 0 radical (unpaired) electrons. The monoisotopic (exact) mass is 383 g/mol. The molecule has 22 heavy (non-hydrogen) atoms. The number of nitrogens with zero attached hydrogens (tertiary/aromatic N) is 1. The van der Waals surface area contributed by atoms with Gasteiger partial charge in [-0.05, 0) is 39.7 Å². The van der Waals surface area contributed by atoms with E-state index in [1.807, 2.05) is 36.7 Å². The minimum Gasteiger partial charge on any atom is -0.493 e. The molecule has 1 aromatic heterocycles.